The summed E-state index contributed by atoms with van der Waals surface area (Å²) in [4.78, 5) is 12.4. The lowest BCUT2D eigenvalue weighted by Crippen LogP contribution is -2.45. The van der Waals surface area contributed by atoms with Crippen molar-refractivity contribution in [3.8, 4) is 0 Å². The largest absolute Gasteiger partial charge is 0.394 e. The first-order valence-electron chi connectivity index (χ1n) is 23.2. The Morgan fingerprint density at radius 2 is 0.789 bits per heavy atom. The van der Waals surface area contributed by atoms with Crippen molar-refractivity contribution >= 4 is 5.91 Å². The van der Waals surface area contributed by atoms with Gasteiger partial charge < -0.3 is 15.5 Å². The van der Waals surface area contributed by atoms with Gasteiger partial charge in [0, 0.05) is 6.42 Å². The number of unbranched alkanes of at least 4 members (excludes halogenated alkanes) is 15. The van der Waals surface area contributed by atoms with Gasteiger partial charge in [0.15, 0.2) is 0 Å². The highest BCUT2D eigenvalue weighted by Crippen LogP contribution is 2.11. The molecule has 0 saturated carbocycles. The summed E-state index contributed by atoms with van der Waals surface area (Å²) in [6, 6.07) is -0.660. The van der Waals surface area contributed by atoms with E-state index in [0.717, 1.165) is 96.3 Å². The molecule has 0 aromatic heterocycles. The topological polar surface area (TPSA) is 69.6 Å². The van der Waals surface area contributed by atoms with E-state index in [1.807, 2.05) is 6.08 Å². The minimum Gasteiger partial charge on any atom is -0.394 e. The fourth-order valence-corrected chi connectivity index (χ4v) is 6.13. The number of nitrogens with one attached hydrogen (secondary N) is 1. The molecule has 0 aliphatic heterocycles. The van der Waals surface area contributed by atoms with Crippen molar-refractivity contribution in [1.29, 1.82) is 0 Å². The number of aliphatic hydroxyl groups is 2. The van der Waals surface area contributed by atoms with Crippen LogP contribution < -0.4 is 5.32 Å². The smallest absolute Gasteiger partial charge is 0.220 e. The minimum absolute atomic E-state index is 0.0961. The van der Waals surface area contributed by atoms with Crippen molar-refractivity contribution in [1.82, 2.24) is 5.32 Å². The van der Waals surface area contributed by atoms with Crippen LogP contribution in [-0.2, 0) is 4.79 Å². The first-order chi connectivity index (χ1) is 28.2. The van der Waals surface area contributed by atoms with E-state index >= 15 is 0 Å². The van der Waals surface area contributed by atoms with Crippen LogP contribution in [-0.4, -0.2) is 34.9 Å². The van der Waals surface area contributed by atoms with E-state index in [0.29, 0.717) is 6.42 Å². The molecule has 0 aliphatic carbocycles. The zero-order chi connectivity index (χ0) is 41.4. The Morgan fingerprint density at radius 1 is 0.439 bits per heavy atom. The van der Waals surface area contributed by atoms with E-state index in [9.17, 15) is 15.0 Å². The number of amides is 1. The van der Waals surface area contributed by atoms with Crippen molar-refractivity contribution < 1.29 is 15.0 Å². The summed E-state index contributed by atoms with van der Waals surface area (Å²) in [5.41, 5.74) is 0. The molecular formula is C53H87NO3. The van der Waals surface area contributed by atoms with E-state index < -0.39 is 12.1 Å². The zero-order valence-electron chi connectivity index (χ0n) is 36.8. The van der Waals surface area contributed by atoms with Crippen LogP contribution in [0.5, 0.6) is 0 Å². The third-order valence-electron chi connectivity index (χ3n) is 9.66. The molecular weight excluding hydrogens is 699 g/mol. The molecule has 0 aromatic carbocycles. The first-order valence-corrected chi connectivity index (χ1v) is 23.2. The molecule has 4 heteroatoms. The van der Waals surface area contributed by atoms with E-state index in [2.05, 4.69) is 129 Å². The maximum atomic E-state index is 12.4. The van der Waals surface area contributed by atoms with Crippen molar-refractivity contribution in [3.05, 3.63) is 122 Å². The van der Waals surface area contributed by atoms with Gasteiger partial charge in [-0.05, 0) is 103 Å². The average molecular weight is 786 g/mol. The lowest BCUT2D eigenvalue weighted by atomic mass is 10.1. The predicted octanol–water partition coefficient (Wildman–Crippen LogP) is 15.0. The molecule has 0 saturated heterocycles. The van der Waals surface area contributed by atoms with Crippen LogP contribution in [0.15, 0.2) is 122 Å². The molecule has 57 heavy (non-hydrogen) atoms. The second-order valence-electron chi connectivity index (χ2n) is 15.1. The molecule has 0 spiro atoms. The van der Waals surface area contributed by atoms with Crippen LogP contribution in [0.2, 0.25) is 0 Å². The molecule has 0 radical (unpaired) electrons. The Hall–Kier alpha value is -3.21. The number of hydrogen-bond donors (Lipinski definition) is 3. The maximum Gasteiger partial charge on any atom is 0.220 e. The number of allylic oxidation sites excluding steroid dienone is 19. The lowest BCUT2D eigenvalue weighted by molar-refractivity contribution is -0.123. The van der Waals surface area contributed by atoms with E-state index in [1.165, 1.54) is 70.6 Å². The molecule has 2 atom stereocenters. The highest BCUT2D eigenvalue weighted by molar-refractivity contribution is 5.76. The average Bonchev–Trinajstić information content (AvgIpc) is 3.22. The monoisotopic (exact) mass is 786 g/mol. The van der Waals surface area contributed by atoms with Gasteiger partial charge in [-0.15, -0.1) is 0 Å². The van der Waals surface area contributed by atoms with Gasteiger partial charge in [0.2, 0.25) is 5.91 Å². The van der Waals surface area contributed by atoms with Crippen LogP contribution in [0.4, 0.5) is 0 Å². The second kappa shape index (κ2) is 47.2. The molecule has 322 valence electrons. The molecule has 4 nitrogen and oxygen atoms in total. The van der Waals surface area contributed by atoms with Gasteiger partial charge in [-0.2, -0.15) is 0 Å². The SMILES string of the molecule is CC/C=C\C/C=C\C/C=C\C/C=C\C/C=C\C/C=C\C/C=C\CCCCCCCCCC(=O)NC(CO)C(O)/C=C/CC/C=C/CC/C=C/CCCCCCCC. The fourth-order valence-electron chi connectivity index (χ4n) is 6.13. The van der Waals surface area contributed by atoms with Gasteiger partial charge in [-0.1, -0.05) is 200 Å². The lowest BCUT2D eigenvalue weighted by Gasteiger charge is -2.19. The zero-order valence-corrected chi connectivity index (χ0v) is 36.8. The summed E-state index contributed by atoms with van der Waals surface area (Å²) in [5.74, 6) is -0.0961. The molecule has 0 fully saturated rings. The summed E-state index contributed by atoms with van der Waals surface area (Å²) in [7, 11) is 0. The quantitative estimate of drug-likeness (QED) is 0.0428. The molecule has 0 rings (SSSR count). The van der Waals surface area contributed by atoms with Crippen molar-refractivity contribution in [2.45, 2.75) is 199 Å². The summed E-state index contributed by atoms with van der Waals surface area (Å²) in [6.07, 6.45) is 73.1. The Bertz CT molecular complexity index is 1160. The van der Waals surface area contributed by atoms with Gasteiger partial charge in [0.05, 0.1) is 18.8 Å². The Kier molecular flexibility index (Phi) is 44.5. The molecule has 0 bridgehead atoms. The number of rotatable bonds is 40. The fraction of sp³-hybridized carbons (Fsp3) is 0.604. The second-order valence-corrected chi connectivity index (χ2v) is 15.1. The molecule has 0 aromatic rings. The Labute approximate surface area is 352 Å². The number of aliphatic hydroxyl groups excluding tert-OH is 2. The first kappa shape index (κ1) is 53.8. The molecule has 1 amide bonds. The van der Waals surface area contributed by atoms with E-state index in [4.69, 9.17) is 0 Å². The Morgan fingerprint density at radius 3 is 1.23 bits per heavy atom. The summed E-state index contributed by atoms with van der Waals surface area (Å²) in [5, 5.41) is 23.0. The van der Waals surface area contributed by atoms with Gasteiger partial charge in [0.1, 0.15) is 0 Å². The highest BCUT2D eigenvalue weighted by Gasteiger charge is 2.17. The van der Waals surface area contributed by atoms with Gasteiger partial charge in [-0.25, -0.2) is 0 Å². The standard InChI is InChI=1S/C53H87NO3/c1-3-5-7-9-11-13-15-17-19-21-22-23-24-25-26-27-28-29-30-31-32-33-35-37-39-41-43-45-47-49-53(57)54-51(50-55)52(56)48-46-44-42-40-38-36-34-20-18-16-14-12-10-8-6-4-2/h5,7,11,13,17-20,22-23,25-26,28-29,31-32,38,40,46,48,51-52,55-56H,3-4,6,8-10,12,14-16,21,24,27,30,33-37,39,41-45,47,49-50H2,1-2H3,(H,54,57)/b7-5-,13-11-,19-17-,20-18+,23-22-,26-25-,29-28-,32-31-,40-38+,48-46+. The van der Waals surface area contributed by atoms with Crippen LogP contribution in [0, 0.1) is 0 Å². The van der Waals surface area contributed by atoms with Crippen LogP contribution in [0.1, 0.15) is 187 Å². The summed E-state index contributed by atoms with van der Waals surface area (Å²) < 4.78 is 0. The third-order valence-corrected chi connectivity index (χ3v) is 9.66. The third kappa shape index (κ3) is 43.8. The maximum absolute atomic E-state index is 12.4. The van der Waals surface area contributed by atoms with E-state index in [-0.39, 0.29) is 12.5 Å². The van der Waals surface area contributed by atoms with Gasteiger partial charge in [0.25, 0.3) is 0 Å². The normalized spacial score (nSPS) is 14.1. The molecule has 3 N–H and O–H groups in total. The minimum atomic E-state index is -0.883. The summed E-state index contributed by atoms with van der Waals surface area (Å²) in [6.45, 7) is 4.15. The molecule has 2 unspecified atom stereocenters. The van der Waals surface area contributed by atoms with Crippen molar-refractivity contribution in [2.24, 2.45) is 0 Å². The Balaban J connectivity index is 3.71. The van der Waals surface area contributed by atoms with Crippen molar-refractivity contribution in [2.75, 3.05) is 6.61 Å². The van der Waals surface area contributed by atoms with Crippen LogP contribution >= 0.6 is 0 Å². The van der Waals surface area contributed by atoms with Crippen LogP contribution in [0.25, 0.3) is 0 Å². The van der Waals surface area contributed by atoms with E-state index in [1.54, 1.807) is 6.08 Å². The van der Waals surface area contributed by atoms with Crippen LogP contribution in [0.3, 0.4) is 0 Å². The molecule has 0 aliphatic rings. The number of carbonyl (C=O) groups excluding carboxylic acids is 1. The molecule has 0 heterocycles. The number of hydrogen-bond acceptors (Lipinski definition) is 3. The van der Waals surface area contributed by atoms with Crippen molar-refractivity contribution in [3.63, 3.8) is 0 Å². The number of carbonyl (C=O) groups is 1. The van der Waals surface area contributed by atoms with Gasteiger partial charge >= 0.3 is 0 Å². The summed E-state index contributed by atoms with van der Waals surface area (Å²) >= 11 is 0. The highest BCUT2D eigenvalue weighted by atomic mass is 16.3. The van der Waals surface area contributed by atoms with Gasteiger partial charge in [-0.3, -0.25) is 4.79 Å². The predicted molar refractivity (Wildman–Crippen MR) is 252 cm³/mol.